The third-order valence-electron chi connectivity index (χ3n) is 8.16. The smallest absolute Gasteiger partial charge is 0.342 e. The zero-order chi connectivity index (χ0) is 27.6. The summed E-state index contributed by atoms with van der Waals surface area (Å²) in [5.74, 6) is 2.48. The minimum atomic E-state index is -4.38. The van der Waals surface area contributed by atoms with Crippen LogP contribution in [0.2, 0.25) is 0 Å². The van der Waals surface area contributed by atoms with Gasteiger partial charge in [0.05, 0.1) is 17.4 Å². The Bertz CT molecular complexity index is 1690. The summed E-state index contributed by atoms with van der Waals surface area (Å²) in [6.45, 7) is 2.41. The average Bonchev–Trinajstić information content (AvgIpc) is 3.32. The molecule has 0 amide bonds. The third-order valence-corrected chi connectivity index (χ3v) is 8.16. The van der Waals surface area contributed by atoms with Gasteiger partial charge in [-0.15, -0.1) is 0 Å². The average molecular weight is 547 g/mol. The van der Waals surface area contributed by atoms with Crippen molar-refractivity contribution in [3.05, 3.63) is 70.9 Å². The number of hydrogen-bond donors (Lipinski definition) is 2. The van der Waals surface area contributed by atoms with Crippen LogP contribution in [0.4, 0.5) is 13.2 Å². The van der Waals surface area contributed by atoms with Gasteiger partial charge in [0.25, 0.3) is 0 Å². The first kappa shape index (κ1) is 25.0. The molecule has 1 aliphatic carbocycles. The Morgan fingerprint density at radius 2 is 1.80 bits per heavy atom. The number of nitrogens with one attached hydrogen (secondary N) is 2. The molecule has 4 heterocycles. The van der Waals surface area contributed by atoms with Gasteiger partial charge in [-0.1, -0.05) is 37.3 Å². The molecule has 11 heteroatoms. The number of halogens is 3. The first-order chi connectivity index (χ1) is 19.3. The molecule has 1 saturated carbocycles. The molecule has 1 atom stereocenters. The number of alkyl halides is 3. The molecule has 5 aromatic rings. The quantitative estimate of drug-likeness (QED) is 0.285. The molecule has 0 saturated heterocycles. The van der Waals surface area contributed by atoms with Crippen LogP contribution in [0, 0.1) is 0 Å². The normalized spacial score (nSPS) is 18.0. The van der Waals surface area contributed by atoms with Gasteiger partial charge in [-0.3, -0.25) is 14.7 Å². The summed E-state index contributed by atoms with van der Waals surface area (Å²) in [6.07, 6.45) is 1.10. The molecule has 2 aliphatic rings. The van der Waals surface area contributed by atoms with Crippen molar-refractivity contribution in [2.24, 2.45) is 7.05 Å². The zero-order valence-corrected chi connectivity index (χ0v) is 22.3. The van der Waals surface area contributed by atoms with Crippen LogP contribution in [0.1, 0.15) is 60.1 Å². The van der Waals surface area contributed by atoms with Crippen LogP contribution >= 0.6 is 0 Å². The Balaban J connectivity index is 1.15. The van der Waals surface area contributed by atoms with Crippen LogP contribution < -0.4 is 0 Å². The van der Waals surface area contributed by atoms with Gasteiger partial charge in [0.1, 0.15) is 11.6 Å². The molecule has 0 radical (unpaired) electrons. The summed E-state index contributed by atoms with van der Waals surface area (Å²) >= 11 is 0. The number of H-pyrrole nitrogens is 2. The Morgan fingerprint density at radius 3 is 2.52 bits per heavy atom. The highest BCUT2D eigenvalue weighted by molar-refractivity contribution is 5.84. The minimum absolute atomic E-state index is 0.0786. The largest absolute Gasteiger partial charge is 0.409 e. The van der Waals surface area contributed by atoms with E-state index in [1.54, 1.807) is 6.92 Å². The molecular weight excluding hydrogens is 517 g/mol. The van der Waals surface area contributed by atoms with Crippen LogP contribution in [0.3, 0.4) is 0 Å². The molecule has 2 N–H and O–H groups in total. The number of benzene rings is 2. The fourth-order valence-electron chi connectivity index (χ4n) is 5.97. The number of hydrogen-bond acceptors (Lipinski definition) is 5. The SMILES string of the molecule is CCN1CCc2[nH]c(-c3ccc(-c4nc(Cc5ccc6[nH]ncc6c5C5CC5)n(C)n4)cc3)nc2C1C(F)(F)F. The van der Waals surface area contributed by atoms with Gasteiger partial charge in [-0.05, 0) is 42.5 Å². The predicted octanol–water partition coefficient (Wildman–Crippen LogP) is 5.70. The van der Waals surface area contributed by atoms with Crippen molar-refractivity contribution >= 4 is 10.9 Å². The van der Waals surface area contributed by atoms with Crippen molar-refractivity contribution in [1.29, 1.82) is 0 Å². The highest BCUT2D eigenvalue weighted by Crippen LogP contribution is 2.45. The maximum absolute atomic E-state index is 13.9. The van der Waals surface area contributed by atoms with Gasteiger partial charge in [-0.2, -0.15) is 23.4 Å². The minimum Gasteiger partial charge on any atom is -0.342 e. The van der Waals surface area contributed by atoms with Crippen molar-refractivity contribution in [3.8, 4) is 22.8 Å². The number of aryl methyl sites for hydroxylation is 1. The lowest BCUT2D eigenvalue weighted by molar-refractivity contribution is -0.189. The number of imidazole rings is 1. The summed E-state index contributed by atoms with van der Waals surface area (Å²) in [7, 11) is 1.90. The summed E-state index contributed by atoms with van der Waals surface area (Å²) in [6, 6.07) is 10.0. The maximum atomic E-state index is 13.9. The highest BCUT2D eigenvalue weighted by atomic mass is 19.4. The molecule has 7 rings (SSSR count). The summed E-state index contributed by atoms with van der Waals surface area (Å²) in [5.41, 5.74) is 5.85. The molecule has 0 bridgehead atoms. The van der Waals surface area contributed by atoms with E-state index in [1.165, 1.54) is 34.3 Å². The van der Waals surface area contributed by atoms with Crippen LogP contribution in [0.25, 0.3) is 33.7 Å². The molecule has 1 aliphatic heterocycles. The summed E-state index contributed by atoms with van der Waals surface area (Å²) in [5, 5.41) is 13.2. The topological polar surface area (TPSA) is 91.3 Å². The summed E-state index contributed by atoms with van der Waals surface area (Å²) in [4.78, 5) is 13.8. The molecule has 1 unspecified atom stereocenters. The van der Waals surface area contributed by atoms with Crippen molar-refractivity contribution in [2.75, 3.05) is 13.1 Å². The lowest BCUT2D eigenvalue weighted by Gasteiger charge is -2.34. The second-order valence-corrected chi connectivity index (χ2v) is 10.7. The van der Waals surface area contributed by atoms with Gasteiger partial charge >= 0.3 is 6.18 Å². The van der Waals surface area contributed by atoms with Crippen molar-refractivity contribution in [1.82, 2.24) is 39.8 Å². The number of aromatic amines is 2. The Morgan fingerprint density at radius 1 is 1.02 bits per heavy atom. The zero-order valence-electron chi connectivity index (χ0n) is 22.3. The Hall–Kier alpha value is -3.99. The van der Waals surface area contributed by atoms with Crippen molar-refractivity contribution < 1.29 is 13.2 Å². The highest BCUT2D eigenvalue weighted by Gasteiger charge is 2.48. The molecule has 1 fully saturated rings. The second kappa shape index (κ2) is 9.29. The Labute approximate surface area is 228 Å². The fraction of sp³-hybridized carbons (Fsp3) is 0.379. The molecule has 206 valence electrons. The van der Waals surface area contributed by atoms with E-state index in [4.69, 9.17) is 4.98 Å². The van der Waals surface area contributed by atoms with E-state index >= 15 is 0 Å². The van der Waals surface area contributed by atoms with E-state index in [0.29, 0.717) is 49.2 Å². The molecule has 40 heavy (non-hydrogen) atoms. The molecule has 0 spiro atoms. The van der Waals surface area contributed by atoms with Crippen LogP contribution in [0.15, 0.2) is 42.6 Å². The lowest BCUT2D eigenvalue weighted by atomic mass is 9.97. The van der Waals surface area contributed by atoms with Gasteiger partial charge in [0, 0.05) is 48.6 Å². The van der Waals surface area contributed by atoms with E-state index < -0.39 is 12.2 Å². The van der Waals surface area contributed by atoms with Crippen LogP contribution in [0.5, 0.6) is 0 Å². The monoisotopic (exact) mass is 546 g/mol. The van der Waals surface area contributed by atoms with E-state index in [2.05, 4.69) is 37.4 Å². The second-order valence-electron chi connectivity index (χ2n) is 10.7. The molecular formula is C29H29F3N8. The number of nitrogens with zero attached hydrogens (tertiary/aromatic N) is 6. The summed E-state index contributed by atoms with van der Waals surface area (Å²) < 4.78 is 43.5. The maximum Gasteiger partial charge on any atom is 0.409 e. The van der Waals surface area contributed by atoms with E-state index in [1.807, 2.05) is 42.2 Å². The first-order valence-electron chi connectivity index (χ1n) is 13.6. The number of aromatic nitrogens is 7. The lowest BCUT2D eigenvalue weighted by Crippen LogP contribution is -2.43. The van der Waals surface area contributed by atoms with Gasteiger partial charge in [-0.25, -0.2) is 9.97 Å². The van der Waals surface area contributed by atoms with E-state index in [9.17, 15) is 13.2 Å². The third kappa shape index (κ3) is 4.28. The molecule has 3 aromatic heterocycles. The van der Waals surface area contributed by atoms with Crippen molar-refractivity contribution in [3.63, 3.8) is 0 Å². The van der Waals surface area contributed by atoms with Crippen LogP contribution in [-0.2, 0) is 19.9 Å². The fourth-order valence-corrected chi connectivity index (χ4v) is 5.97. The Kier molecular flexibility index (Phi) is 5.81. The number of rotatable bonds is 6. The molecule has 2 aromatic carbocycles. The van der Waals surface area contributed by atoms with Gasteiger partial charge in [0.2, 0.25) is 0 Å². The first-order valence-corrected chi connectivity index (χ1v) is 13.6. The number of likely N-dealkylation sites (N-methyl/N-ethyl adjacent to an activating group) is 1. The standard InChI is InChI=1S/C29H29F3N8/c1-3-40-13-12-22-25(26(40)29(30,31)32)36-27(34-22)17-6-8-18(9-7-17)28-35-23(39(2)38-28)14-19-10-11-21-20(15-33-37-21)24(19)16-4-5-16/h6-11,15-16,26H,3-5,12-14H2,1-2H3,(H,33,37)(H,34,36). The van der Waals surface area contributed by atoms with Gasteiger partial charge < -0.3 is 4.98 Å². The van der Waals surface area contributed by atoms with Crippen molar-refractivity contribution in [2.45, 2.75) is 50.7 Å². The van der Waals surface area contributed by atoms with Gasteiger partial charge in [0.15, 0.2) is 11.9 Å². The van der Waals surface area contributed by atoms with Crippen LogP contribution in [-0.4, -0.2) is 59.1 Å². The van der Waals surface area contributed by atoms with E-state index in [0.717, 1.165) is 22.5 Å². The number of fused-ring (bicyclic) bond motifs is 2. The van der Waals surface area contributed by atoms with E-state index in [-0.39, 0.29) is 5.69 Å². The molecule has 8 nitrogen and oxygen atoms in total. The predicted molar refractivity (Wildman–Crippen MR) is 145 cm³/mol.